The van der Waals surface area contributed by atoms with E-state index in [1.807, 2.05) is 0 Å². The smallest absolute Gasteiger partial charge is 0.267 e. The van der Waals surface area contributed by atoms with E-state index in [4.69, 9.17) is 5.73 Å². The number of rotatable bonds is 2. The second-order valence-corrected chi connectivity index (χ2v) is 5.06. The molecule has 20 heavy (non-hydrogen) atoms. The molecule has 1 aromatic carbocycles. The maximum atomic E-state index is 13.1. The Labute approximate surface area is 117 Å². The van der Waals surface area contributed by atoms with Gasteiger partial charge in [-0.1, -0.05) is 6.07 Å². The van der Waals surface area contributed by atoms with Crippen molar-refractivity contribution in [2.45, 2.75) is 0 Å². The molecule has 7 heteroatoms. The monoisotopic (exact) mass is 288 g/mol. The lowest BCUT2D eigenvalue weighted by Crippen LogP contribution is -2.12. The molecule has 0 atom stereocenters. The first-order valence-corrected chi connectivity index (χ1v) is 6.53. The van der Waals surface area contributed by atoms with Crippen LogP contribution < -0.4 is 11.1 Å². The van der Waals surface area contributed by atoms with Crippen LogP contribution in [0.25, 0.3) is 10.2 Å². The van der Waals surface area contributed by atoms with E-state index < -0.39 is 11.7 Å². The Balaban J connectivity index is 1.95. The normalized spacial score (nSPS) is 10.7. The van der Waals surface area contributed by atoms with E-state index in [-0.39, 0.29) is 0 Å². The number of halogens is 1. The van der Waals surface area contributed by atoms with Crippen LogP contribution in [-0.2, 0) is 0 Å². The predicted octanol–water partition coefficient (Wildman–Crippen LogP) is 2.66. The number of anilines is 2. The van der Waals surface area contributed by atoms with E-state index in [0.717, 1.165) is 11.3 Å². The molecule has 0 bridgehead atoms. The van der Waals surface area contributed by atoms with Gasteiger partial charge in [-0.15, -0.1) is 16.4 Å². The molecule has 0 saturated heterocycles. The summed E-state index contributed by atoms with van der Waals surface area (Å²) in [7, 11) is 0. The number of hydrogen-bond acceptors (Lipinski definition) is 5. The molecule has 2 aromatic heterocycles. The third kappa shape index (κ3) is 2.19. The van der Waals surface area contributed by atoms with Gasteiger partial charge < -0.3 is 11.1 Å². The molecule has 0 unspecified atom stereocenters. The van der Waals surface area contributed by atoms with Crippen LogP contribution >= 0.6 is 11.3 Å². The van der Waals surface area contributed by atoms with Crippen LogP contribution in [0.5, 0.6) is 0 Å². The zero-order valence-corrected chi connectivity index (χ0v) is 10.9. The quantitative estimate of drug-likeness (QED) is 0.759. The number of benzene rings is 1. The van der Waals surface area contributed by atoms with Gasteiger partial charge in [0.1, 0.15) is 15.5 Å². The Morgan fingerprint density at radius 3 is 2.95 bits per heavy atom. The maximum absolute atomic E-state index is 13.1. The molecule has 0 aliphatic rings. The van der Waals surface area contributed by atoms with Gasteiger partial charge in [0.15, 0.2) is 0 Å². The summed E-state index contributed by atoms with van der Waals surface area (Å²) >= 11 is 1.15. The molecular formula is C13H9FN4OS. The van der Waals surface area contributed by atoms with E-state index in [2.05, 4.69) is 15.5 Å². The molecule has 0 aliphatic carbocycles. The highest BCUT2D eigenvalue weighted by Crippen LogP contribution is 2.32. The molecule has 3 aromatic rings. The first-order valence-electron chi connectivity index (χ1n) is 5.72. The van der Waals surface area contributed by atoms with Crippen LogP contribution in [0.4, 0.5) is 15.8 Å². The Bertz CT molecular complexity index is 802. The fourth-order valence-corrected chi connectivity index (χ4v) is 2.73. The van der Waals surface area contributed by atoms with Crippen LogP contribution in [0.3, 0.4) is 0 Å². The third-order valence-electron chi connectivity index (χ3n) is 2.71. The van der Waals surface area contributed by atoms with Gasteiger partial charge in [-0.2, -0.15) is 5.10 Å². The highest BCUT2D eigenvalue weighted by Gasteiger charge is 2.17. The van der Waals surface area contributed by atoms with Crippen LogP contribution in [0.15, 0.2) is 36.5 Å². The van der Waals surface area contributed by atoms with E-state index in [0.29, 0.717) is 26.5 Å². The number of amides is 1. The van der Waals surface area contributed by atoms with Gasteiger partial charge in [-0.05, 0) is 24.3 Å². The van der Waals surface area contributed by atoms with E-state index >= 15 is 0 Å². The summed E-state index contributed by atoms with van der Waals surface area (Å²) in [6, 6.07) is 7.36. The number of thiophene rings is 1. The lowest BCUT2D eigenvalue weighted by atomic mass is 10.2. The zero-order valence-electron chi connectivity index (χ0n) is 10.1. The predicted molar refractivity (Wildman–Crippen MR) is 76.2 cm³/mol. The molecule has 0 radical (unpaired) electrons. The third-order valence-corrected chi connectivity index (χ3v) is 3.81. The first-order chi connectivity index (χ1) is 9.65. The van der Waals surface area contributed by atoms with Crippen LogP contribution in [0, 0.1) is 5.82 Å². The number of aromatic nitrogens is 2. The molecule has 100 valence electrons. The fourth-order valence-electron chi connectivity index (χ4n) is 1.80. The highest BCUT2D eigenvalue weighted by atomic mass is 32.1. The highest BCUT2D eigenvalue weighted by molar-refractivity contribution is 7.21. The van der Waals surface area contributed by atoms with Crippen molar-refractivity contribution in [2.24, 2.45) is 0 Å². The number of carbonyl (C=O) groups is 1. The minimum absolute atomic E-state index is 0.338. The van der Waals surface area contributed by atoms with Gasteiger partial charge in [0.05, 0.1) is 11.9 Å². The van der Waals surface area contributed by atoms with Crippen molar-refractivity contribution in [3.63, 3.8) is 0 Å². The van der Waals surface area contributed by atoms with E-state index in [9.17, 15) is 9.18 Å². The van der Waals surface area contributed by atoms with Crippen LogP contribution in [-0.4, -0.2) is 16.1 Å². The van der Waals surface area contributed by atoms with Crippen molar-refractivity contribution in [2.75, 3.05) is 11.1 Å². The fraction of sp³-hybridized carbons (Fsp3) is 0. The second-order valence-electron chi connectivity index (χ2n) is 4.06. The molecule has 5 nitrogen and oxygen atoms in total. The molecule has 1 amide bonds. The molecule has 0 fully saturated rings. The molecule has 3 rings (SSSR count). The van der Waals surface area contributed by atoms with Crippen molar-refractivity contribution in [3.05, 3.63) is 47.2 Å². The average Bonchev–Trinajstić information content (AvgIpc) is 2.77. The molecule has 0 spiro atoms. The van der Waals surface area contributed by atoms with Crippen molar-refractivity contribution in [3.8, 4) is 0 Å². The largest absolute Gasteiger partial charge is 0.397 e. The lowest BCUT2D eigenvalue weighted by molar-refractivity contribution is 0.103. The molecule has 3 N–H and O–H groups in total. The average molecular weight is 288 g/mol. The topological polar surface area (TPSA) is 80.9 Å². The SMILES string of the molecule is Nc1c(C(=O)Nc2cccc(F)c2)sc2nnccc12. The number of nitrogens with one attached hydrogen (secondary N) is 1. The van der Waals surface area contributed by atoms with Crippen molar-refractivity contribution in [1.29, 1.82) is 0 Å². The van der Waals surface area contributed by atoms with Crippen LogP contribution in [0.1, 0.15) is 9.67 Å². The molecule has 0 aliphatic heterocycles. The van der Waals surface area contributed by atoms with Gasteiger partial charge >= 0.3 is 0 Å². The van der Waals surface area contributed by atoms with Crippen molar-refractivity contribution in [1.82, 2.24) is 10.2 Å². The molecular weight excluding hydrogens is 279 g/mol. The second kappa shape index (κ2) is 4.86. The number of nitrogens with zero attached hydrogens (tertiary/aromatic N) is 2. The summed E-state index contributed by atoms with van der Waals surface area (Å²) in [5.41, 5.74) is 6.66. The summed E-state index contributed by atoms with van der Waals surface area (Å²) in [5.74, 6) is -0.811. The summed E-state index contributed by atoms with van der Waals surface area (Å²) in [5, 5.41) is 11.0. The minimum atomic E-state index is -0.419. The van der Waals surface area contributed by atoms with Gasteiger partial charge in [0.25, 0.3) is 5.91 Å². The molecule has 2 heterocycles. The number of fused-ring (bicyclic) bond motifs is 1. The number of nitrogens with two attached hydrogens (primary N) is 1. The van der Waals surface area contributed by atoms with Crippen LogP contribution in [0.2, 0.25) is 0 Å². The van der Waals surface area contributed by atoms with Crippen molar-refractivity contribution >= 4 is 38.8 Å². The minimum Gasteiger partial charge on any atom is -0.397 e. The van der Waals surface area contributed by atoms with Gasteiger partial charge in [-0.25, -0.2) is 4.39 Å². The number of nitrogen functional groups attached to an aromatic ring is 1. The Morgan fingerprint density at radius 1 is 1.35 bits per heavy atom. The summed E-state index contributed by atoms with van der Waals surface area (Å²) in [6.07, 6.45) is 1.51. The standard InChI is InChI=1S/C13H9FN4OS/c14-7-2-1-3-8(6-7)17-12(19)11-10(15)9-4-5-16-18-13(9)20-11/h1-6H,15H2,(H,17,19). The molecule has 0 saturated carbocycles. The summed E-state index contributed by atoms with van der Waals surface area (Å²) < 4.78 is 13.1. The summed E-state index contributed by atoms with van der Waals surface area (Å²) in [4.78, 5) is 13.1. The maximum Gasteiger partial charge on any atom is 0.267 e. The Hall–Kier alpha value is -2.54. The van der Waals surface area contributed by atoms with E-state index in [1.54, 1.807) is 12.1 Å². The Kier molecular flexibility index (Phi) is 3.03. The van der Waals surface area contributed by atoms with Gasteiger partial charge in [0.2, 0.25) is 0 Å². The Morgan fingerprint density at radius 2 is 2.20 bits per heavy atom. The van der Waals surface area contributed by atoms with E-state index in [1.165, 1.54) is 24.4 Å². The van der Waals surface area contributed by atoms with Crippen molar-refractivity contribution < 1.29 is 9.18 Å². The number of carbonyl (C=O) groups excluding carboxylic acids is 1. The zero-order chi connectivity index (χ0) is 14.1. The first kappa shape index (κ1) is 12.5. The van der Waals surface area contributed by atoms with Gasteiger partial charge in [0, 0.05) is 11.1 Å². The lowest BCUT2D eigenvalue weighted by Gasteiger charge is -2.04. The van der Waals surface area contributed by atoms with Gasteiger partial charge in [-0.3, -0.25) is 4.79 Å². The number of hydrogen-bond donors (Lipinski definition) is 2. The summed E-state index contributed by atoms with van der Waals surface area (Å²) in [6.45, 7) is 0.